The van der Waals surface area contributed by atoms with Gasteiger partial charge in [-0.25, -0.2) is 0 Å². The van der Waals surface area contributed by atoms with Crippen molar-refractivity contribution in [3.05, 3.63) is 41.0 Å². The quantitative estimate of drug-likeness (QED) is 0.786. The monoisotopic (exact) mass is 297 g/mol. The van der Waals surface area contributed by atoms with Gasteiger partial charge in [-0.1, -0.05) is 18.2 Å². The molecule has 0 aromatic heterocycles. The number of nitrogens with zero attached hydrogens (tertiary/aromatic N) is 1. The molecule has 0 aliphatic carbocycles. The summed E-state index contributed by atoms with van der Waals surface area (Å²) in [5, 5.41) is 0. The minimum atomic E-state index is -4.28. The minimum absolute atomic E-state index is 0.218. The summed E-state index contributed by atoms with van der Waals surface area (Å²) in [4.78, 5) is 2.28. The van der Waals surface area contributed by atoms with E-state index in [4.69, 9.17) is 4.74 Å². The number of halogens is 3. The highest BCUT2D eigenvalue weighted by molar-refractivity contribution is 5.68. The fourth-order valence-electron chi connectivity index (χ4n) is 3.15. The second-order valence-corrected chi connectivity index (χ2v) is 5.85. The molecule has 1 saturated heterocycles. The highest BCUT2D eigenvalue weighted by atomic mass is 19.4. The van der Waals surface area contributed by atoms with E-state index in [9.17, 15) is 13.2 Å². The Labute approximate surface area is 122 Å². The van der Waals surface area contributed by atoms with Crippen molar-refractivity contribution in [2.75, 3.05) is 20.3 Å². The Bertz CT molecular complexity index is 579. The van der Waals surface area contributed by atoms with E-state index in [1.54, 1.807) is 12.1 Å². The van der Waals surface area contributed by atoms with E-state index in [1.165, 1.54) is 13.0 Å². The lowest BCUT2D eigenvalue weighted by atomic mass is 9.89. The molecule has 21 heavy (non-hydrogen) atoms. The maximum atomic E-state index is 12.8. The van der Waals surface area contributed by atoms with Crippen LogP contribution in [0, 0.1) is 6.92 Å². The zero-order valence-electron chi connectivity index (χ0n) is 12.1. The number of ether oxygens (including phenoxy) is 1. The molecule has 1 aromatic carbocycles. The third kappa shape index (κ3) is 2.72. The first kappa shape index (κ1) is 14.6. The van der Waals surface area contributed by atoms with Crippen LogP contribution in [0.3, 0.4) is 0 Å². The Kier molecular flexibility index (Phi) is 3.58. The fourth-order valence-corrected chi connectivity index (χ4v) is 3.15. The molecule has 1 fully saturated rings. The van der Waals surface area contributed by atoms with Crippen LogP contribution in [0.25, 0.3) is 5.57 Å². The molecule has 2 heterocycles. The lowest BCUT2D eigenvalue weighted by Gasteiger charge is -2.42. The molecule has 3 rings (SSSR count). The van der Waals surface area contributed by atoms with Gasteiger partial charge in [0.15, 0.2) is 0 Å². The molecule has 0 amide bonds. The molecule has 0 saturated carbocycles. The van der Waals surface area contributed by atoms with E-state index in [0.29, 0.717) is 19.3 Å². The molecule has 0 spiro atoms. The molecule has 5 heteroatoms. The van der Waals surface area contributed by atoms with Gasteiger partial charge < -0.3 is 4.74 Å². The number of benzene rings is 1. The van der Waals surface area contributed by atoms with Gasteiger partial charge >= 0.3 is 6.18 Å². The zero-order valence-corrected chi connectivity index (χ0v) is 12.1. The first-order chi connectivity index (χ1) is 9.86. The van der Waals surface area contributed by atoms with Gasteiger partial charge in [0.1, 0.15) is 0 Å². The predicted octanol–water partition coefficient (Wildman–Crippen LogP) is 3.50. The molecule has 0 radical (unpaired) electrons. The Morgan fingerprint density at radius 3 is 2.62 bits per heavy atom. The normalized spacial score (nSPS) is 26.6. The number of alkyl halides is 3. The summed E-state index contributed by atoms with van der Waals surface area (Å²) in [6.07, 6.45) is -1.34. The summed E-state index contributed by atoms with van der Waals surface area (Å²) in [6, 6.07) is 4.96. The molecule has 2 atom stereocenters. The molecule has 2 aliphatic heterocycles. The van der Waals surface area contributed by atoms with Crippen LogP contribution in [0.4, 0.5) is 13.2 Å². The number of fused-ring (bicyclic) bond motifs is 2. The Morgan fingerprint density at radius 2 is 2.00 bits per heavy atom. The highest BCUT2D eigenvalue weighted by Crippen LogP contribution is 2.36. The van der Waals surface area contributed by atoms with Crippen molar-refractivity contribution >= 4 is 5.57 Å². The number of hydrogen-bond donors (Lipinski definition) is 0. The fraction of sp³-hybridized carbons (Fsp3) is 0.500. The third-order valence-electron chi connectivity index (χ3n) is 4.45. The zero-order chi connectivity index (χ0) is 15.2. The van der Waals surface area contributed by atoms with Crippen LogP contribution in [-0.2, 0) is 10.9 Å². The van der Waals surface area contributed by atoms with Gasteiger partial charge in [-0.05, 0) is 43.2 Å². The first-order valence-electron chi connectivity index (χ1n) is 7.05. The van der Waals surface area contributed by atoms with Crippen molar-refractivity contribution in [2.45, 2.75) is 31.6 Å². The van der Waals surface area contributed by atoms with E-state index in [1.807, 2.05) is 0 Å². The second-order valence-electron chi connectivity index (χ2n) is 5.85. The molecule has 114 valence electrons. The van der Waals surface area contributed by atoms with Crippen molar-refractivity contribution < 1.29 is 17.9 Å². The summed E-state index contributed by atoms with van der Waals surface area (Å²) in [6.45, 7) is 2.85. The Morgan fingerprint density at radius 1 is 1.24 bits per heavy atom. The number of likely N-dealkylation sites (N-methyl/N-ethyl adjacent to an activating group) is 1. The van der Waals surface area contributed by atoms with Crippen LogP contribution in [0.2, 0.25) is 0 Å². The van der Waals surface area contributed by atoms with Crippen LogP contribution < -0.4 is 0 Å². The van der Waals surface area contributed by atoms with E-state index < -0.39 is 11.7 Å². The average molecular weight is 297 g/mol. The van der Waals surface area contributed by atoms with Gasteiger partial charge in [0.05, 0.1) is 24.8 Å². The topological polar surface area (TPSA) is 12.5 Å². The van der Waals surface area contributed by atoms with Gasteiger partial charge in [-0.2, -0.15) is 13.2 Å². The third-order valence-corrected chi connectivity index (χ3v) is 4.45. The number of aryl methyl sites for hydroxylation is 1. The van der Waals surface area contributed by atoms with Gasteiger partial charge in [-0.3, -0.25) is 4.90 Å². The smallest absolute Gasteiger partial charge is 0.378 e. The van der Waals surface area contributed by atoms with E-state index in [2.05, 4.69) is 18.0 Å². The van der Waals surface area contributed by atoms with Crippen molar-refractivity contribution in [1.29, 1.82) is 0 Å². The van der Waals surface area contributed by atoms with Gasteiger partial charge in [0.25, 0.3) is 0 Å². The molecule has 0 N–H and O–H groups in total. The van der Waals surface area contributed by atoms with Crippen LogP contribution in [0.1, 0.15) is 23.1 Å². The number of morpholine rings is 1. The van der Waals surface area contributed by atoms with Gasteiger partial charge in [0, 0.05) is 6.04 Å². The molecule has 2 unspecified atom stereocenters. The van der Waals surface area contributed by atoms with Crippen molar-refractivity contribution in [1.82, 2.24) is 4.90 Å². The first-order valence-corrected chi connectivity index (χ1v) is 7.05. The summed E-state index contributed by atoms with van der Waals surface area (Å²) >= 11 is 0. The molecule has 1 aromatic rings. The van der Waals surface area contributed by atoms with Crippen LogP contribution in [-0.4, -0.2) is 37.2 Å². The standard InChI is InChI=1S/C16H18F3NO/c1-10-5-11(3-4-15(10)16(17,18)19)12-6-13-8-21-9-14(7-12)20(13)2/h3-6,13-14H,7-9H2,1-2H3. The Balaban J connectivity index is 1.93. The van der Waals surface area contributed by atoms with E-state index in [0.717, 1.165) is 17.6 Å². The maximum absolute atomic E-state index is 12.8. The largest absolute Gasteiger partial charge is 0.416 e. The van der Waals surface area contributed by atoms with Crippen LogP contribution in [0.5, 0.6) is 0 Å². The highest BCUT2D eigenvalue weighted by Gasteiger charge is 2.34. The minimum Gasteiger partial charge on any atom is -0.378 e. The summed E-state index contributed by atoms with van der Waals surface area (Å²) < 4.78 is 44.0. The van der Waals surface area contributed by atoms with Crippen molar-refractivity contribution in [3.8, 4) is 0 Å². The van der Waals surface area contributed by atoms with E-state index >= 15 is 0 Å². The second kappa shape index (κ2) is 5.14. The van der Waals surface area contributed by atoms with Crippen LogP contribution in [0.15, 0.2) is 24.3 Å². The SMILES string of the molecule is Cc1cc(C2=CC3COCC(C2)N3C)ccc1C(F)(F)F. The molecule has 2 aliphatic rings. The van der Waals surface area contributed by atoms with Crippen LogP contribution >= 0.6 is 0 Å². The summed E-state index contributed by atoms with van der Waals surface area (Å²) in [5.41, 5.74) is 1.75. The van der Waals surface area contributed by atoms with Crippen molar-refractivity contribution in [2.24, 2.45) is 0 Å². The average Bonchev–Trinajstić information content (AvgIpc) is 2.36. The lowest BCUT2D eigenvalue weighted by Crippen LogP contribution is -2.51. The maximum Gasteiger partial charge on any atom is 0.416 e. The molecule has 2 nitrogen and oxygen atoms in total. The predicted molar refractivity (Wildman–Crippen MR) is 74.9 cm³/mol. The Hall–Kier alpha value is -1.33. The summed E-state index contributed by atoms with van der Waals surface area (Å²) in [7, 11) is 2.07. The molecular formula is C16H18F3NO. The molecular weight excluding hydrogens is 279 g/mol. The van der Waals surface area contributed by atoms with E-state index in [-0.39, 0.29) is 11.6 Å². The molecule has 2 bridgehead atoms. The number of hydrogen-bond acceptors (Lipinski definition) is 2. The van der Waals surface area contributed by atoms with Gasteiger partial charge in [0.2, 0.25) is 0 Å². The lowest BCUT2D eigenvalue weighted by molar-refractivity contribution is -0.138. The van der Waals surface area contributed by atoms with Crippen molar-refractivity contribution in [3.63, 3.8) is 0 Å². The number of rotatable bonds is 1. The summed E-state index contributed by atoms with van der Waals surface area (Å²) in [5.74, 6) is 0. The van der Waals surface area contributed by atoms with Gasteiger partial charge in [-0.15, -0.1) is 0 Å².